The summed E-state index contributed by atoms with van der Waals surface area (Å²) >= 11 is 0. The second-order valence-corrected chi connectivity index (χ2v) is 7.57. The first-order valence-electron chi connectivity index (χ1n) is 10.1. The topological polar surface area (TPSA) is 80.4 Å². The predicted octanol–water partition coefficient (Wildman–Crippen LogP) is 3.27. The van der Waals surface area contributed by atoms with Crippen molar-refractivity contribution in [3.05, 3.63) is 23.9 Å². The average molecular weight is 404 g/mol. The van der Waals surface area contributed by atoms with E-state index >= 15 is 0 Å². The highest BCUT2D eigenvalue weighted by atomic mass is 19.3. The number of nitrogens with two attached hydrogens (primary N) is 1. The number of hydrogen-bond donors (Lipinski definition) is 1. The van der Waals surface area contributed by atoms with E-state index in [1.54, 1.807) is 6.07 Å². The minimum absolute atomic E-state index is 0.0661. The molecule has 2 aromatic heterocycles. The van der Waals surface area contributed by atoms with Crippen molar-refractivity contribution in [3.8, 4) is 11.3 Å². The summed E-state index contributed by atoms with van der Waals surface area (Å²) in [5.41, 5.74) is 6.21. The highest BCUT2D eigenvalue weighted by Crippen LogP contribution is 2.34. The van der Waals surface area contributed by atoms with E-state index < -0.39 is 6.43 Å². The highest BCUT2D eigenvalue weighted by Gasteiger charge is 2.25. The molecule has 29 heavy (non-hydrogen) atoms. The number of nitrogens with zero attached hydrogens (tertiary/aromatic N) is 5. The molecule has 7 nitrogen and oxygen atoms in total. The number of hydrogen-bond acceptors (Lipinski definition) is 7. The van der Waals surface area contributed by atoms with Gasteiger partial charge in [-0.2, -0.15) is 4.98 Å². The van der Waals surface area contributed by atoms with Crippen LogP contribution in [0.4, 0.5) is 26.4 Å². The van der Waals surface area contributed by atoms with Gasteiger partial charge in [0.1, 0.15) is 11.6 Å². The maximum atomic E-state index is 13.7. The Hall–Kier alpha value is -2.55. The normalized spacial score (nSPS) is 20.3. The van der Waals surface area contributed by atoms with E-state index in [4.69, 9.17) is 15.5 Å². The molecule has 0 bridgehead atoms. The van der Waals surface area contributed by atoms with Gasteiger partial charge < -0.3 is 20.3 Å². The van der Waals surface area contributed by atoms with E-state index in [0.717, 1.165) is 31.7 Å². The molecule has 0 unspecified atom stereocenters. The number of piperidine rings is 1. The quantitative estimate of drug-likeness (QED) is 0.838. The fraction of sp³-hybridized carbons (Fsp3) is 0.550. The van der Waals surface area contributed by atoms with Crippen molar-refractivity contribution in [3.63, 3.8) is 0 Å². The van der Waals surface area contributed by atoms with Crippen LogP contribution in [-0.2, 0) is 4.74 Å². The van der Waals surface area contributed by atoms with Gasteiger partial charge in [-0.15, -0.1) is 0 Å². The third-order valence-corrected chi connectivity index (χ3v) is 5.47. The number of rotatable bonds is 4. The SMILES string of the molecule is C[C@H]1COCCN1c1nc(-c2cnc(N)cc2C(F)F)cc(N2CCCCC2)n1. The third kappa shape index (κ3) is 4.24. The molecule has 2 aromatic rings. The van der Waals surface area contributed by atoms with Gasteiger partial charge in [0.05, 0.1) is 24.9 Å². The van der Waals surface area contributed by atoms with Gasteiger partial charge in [0.25, 0.3) is 6.43 Å². The van der Waals surface area contributed by atoms with Gasteiger partial charge in [-0.1, -0.05) is 0 Å². The Labute approximate surface area is 168 Å². The molecule has 0 aliphatic carbocycles. The van der Waals surface area contributed by atoms with Gasteiger partial charge in [0.2, 0.25) is 5.95 Å². The van der Waals surface area contributed by atoms with E-state index in [-0.39, 0.29) is 23.0 Å². The van der Waals surface area contributed by atoms with Crippen molar-refractivity contribution >= 4 is 17.6 Å². The fourth-order valence-corrected chi connectivity index (χ4v) is 3.88. The zero-order valence-corrected chi connectivity index (χ0v) is 16.5. The summed E-state index contributed by atoms with van der Waals surface area (Å²) in [7, 11) is 0. The average Bonchev–Trinajstić information content (AvgIpc) is 2.74. The molecule has 0 aromatic carbocycles. The van der Waals surface area contributed by atoms with Crippen LogP contribution in [0.3, 0.4) is 0 Å². The summed E-state index contributed by atoms with van der Waals surface area (Å²) in [6.07, 6.45) is 2.09. The van der Waals surface area contributed by atoms with Crippen molar-refractivity contribution in [1.82, 2.24) is 15.0 Å². The summed E-state index contributed by atoms with van der Waals surface area (Å²) < 4.78 is 32.9. The van der Waals surface area contributed by atoms with Crippen molar-refractivity contribution < 1.29 is 13.5 Å². The molecule has 4 rings (SSSR count). The molecule has 2 fully saturated rings. The maximum absolute atomic E-state index is 13.7. The lowest BCUT2D eigenvalue weighted by Crippen LogP contribution is -2.45. The molecule has 2 N–H and O–H groups in total. The summed E-state index contributed by atoms with van der Waals surface area (Å²) in [4.78, 5) is 17.8. The van der Waals surface area contributed by atoms with Gasteiger partial charge in [0, 0.05) is 43.0 Å². The summed E-state index contributed by atoms with van der Waals surface area (Å²) in [6, 6.07) is 3.12. The zero-order chi connectivity index (χ0) is 20.4. The van der Waals surface area contributed by atoms with Gasteiger partial charge >= 0.3 is 0 Å². The number of aromatic nitrogens is 3. The van der Waals surface area contributed by atoms with Crippen LogP contribution < -0.4 is 15.5 Å². The molecule has 0 saturated carbocycles. The lowest BCUT2D eigenvalue weighted by Gasteiger charge is -2.35. The van der Waals surface area contributed by atoms with Crippen molar-refractivity contribution in [1.29, 1.82) is 0 Å². The van der Waals surface area contributed by atoms with Gasteiger partial charge in [-0.3, -0.25) is 0 Å². The van der Waals surface area contributed by atoms with Crippen LogP contribution in [0.2, 0.25) is 0 Å². The fourth-order valence-electron chi connectivity index (χ4n) is 3.88. The molecule has 9 heteroatoms. The third-order valence-electron chi connectivity index (χ3n) is 5.47. The second kappa shape index (κ2) is 8.44. The molecular formula is C20H26F2N6O. The van der Waals surface area contributed by atoms with E-state index in [1.807, 2.05) is 6.92 Å². The monoisotopic (exact) mass is 404 g/mol. The number of halogens is 2. The molecule has 4 heterocycles. The molecule has 156 valence electrons. The number of ether oxygens (including phenoxy) is 1. The second-order valence-electron chi connectivity index (χ2n) is 7.57. The first kappa shape index (κ1) is 19.8. The van der Waals surface area contributed by atoms with Crippen LogP contribution in [-0.4, -0.2) is 53.8 Å². The first-order valence-corrected chi connectivity index (χ1v) is 10.1. The van der Waals surface area contributed by atoms with Gasteiger partial charge in [-0.25, -0.2) is 18.7 Å². The number of morpholine rings is 1. The maximum Gasteiger partial charge on any atom is 0.264 e. The molecule has 0 radical (unpaired) electrons. The van der Waals surface area contributed by atoms with Gasteiger partial charge in [-0.05, 0) is 32.3 Å². The standard InChI is InChI=1S/C20H26F2N6O/c1-13-12-29-8-7-28(13)20-25-16(10-18(26-20)27-5-3-2-4-6-27)15-11-24-17(23)9-14(15)19(21)22/h9-11,13,19H,2-8,12H2,1H3,(H2,23,24)/t13-/m0/s1. The lowest BCUT2D eigenvalue weighted by atomic mass is 10.1. The molecular weight excluding hydrogens is 378 g/mol. The van der Waals surface area contributed by atoms with Crippen LogP contribution in [0.25, 0.3) is 11.3 Å². The van der Waals surface area contributed by atoms with E-state index in [9.17, 15) is 8.78 Å². The minimum atomic E-state index is -2.67. The minimum Gasteiger partial charge on any atom is -0.384 e. The van der Waals surface area contributed by atoms with E-state index in [1.165, 1.54) is 18.7 Å². The van der Waals surface area contributed by atoms with Crippen LogP contribution in [0.15, 0.2) is 18.3 Å². The predicted molar refractivity (Wildman–Crippen MR) is 108 cm³/mol. The Morgan fingerprint density at radius 3 is 2.66 bits per heavy atom. The Morgan fingerprint density at radius 2 is 1.93 bits per heavy atom. The Bertz CT molecular complexity index is 859. The Morgan fingerprint density at radius 1 is 1.14 bits per heavy atom. The van der Waals surface area contributed by atoms with Crippen LogP contribution in [0.1, 0.15) is 38.2 Å². The lowest BCUT2D eigenvalue weighted by molar-refractivity contribution is 0.0981. The van der Waals surface area contributed by atoms with Crippen LogP contribution >= 0.6 is 0 Å². The van der Waals surface area contributed by atoms with Gasteiger partial charge in [0.15, 0.2) is 0 Å². The Kier molecular flexibility index (Phi) is 5.75. The van der Waals surface area contributed by atoms with E-state index in [2.05, 4.69) is 19.8 Å². The molecule has 1 atom stereocenters. The molecule has 0 amide bonds. The van der Waals surface area contributed by atoms with Crippen LogP contribution in [0.5, 0.6) is 0 Å². The summed E-state index contributed by atoms with van der Waals surface area (Å²) in [5.74, 6) is 1.37. The molecule has 2 aliphatic heterocycles. The number of nitrogen functional groups attached to an aromatic ring is 1. The summed E-state index contributed by atoms with van der Waals surface area (Å²) in [5, 5.41) is 0. The largest absolute Gasteiger partial charge is 0.384 e. The van der Waals surface area contributed by atoms with Crippen molar-refractivity contribution in [2.24, 2.45) is 0 Å². The Balaban J connectivity index is 1.81. The molecule has 0 spiro atoms. The summed E-state index contributed by atoms with van der Waals surface area (Å²) in [6.45, 7) is 5.67. The molecule has 2 aliphatic rings. The number of anilines is 3. The highest BCUT2D eigenvalue weighted by molar-refractivity contribution is 5.69. The molecule has 2 saturated heterocycles. The van der Waals surface area contributed by atoms with E-state index in [0.29, 0.717) is 31.4 Å². The zero-order valence-electron chi connectivity index (χ0n) is 16.5. The van der Waals surface area contributed by atoms with Crippen molar-refractivity contribution in [2.75, 3.05) is 48.4 Å². The smallest absolute Gasteiger partial charge is 0.264 e. The first-order chi connectivity index (χ1) is 14.0. The number of pyridine rings is 1. The van der Waals surface area contributed by atoms with Crippen LogP contribution in [0, 0.1) is 0 Å². The van der Waals surface area contributed by atoms with Crippen molar-refractivity contribution in [2.45, 2.75) is 38.7 Å². The number of alkyl halides is 2.